The molecule has 0 unspecified atom stereocenters. The van der Waals surface area contributed by atoms with E-state index in [-0.39, 0.29) is 18.4 Å². The van der Waals surface area contributed by atoms with Crippen LogP contribution in [0.3, 0.4) is 0 Å². The van der Waals surface area contributed by atoms with E-state index in [1.807, 2.05) is 44.2 Å². The van der Waals surface area contributed by atoms with Crippen molar-refractivity contribution in [3.8, 4) is 0 Å². The summed E-state index contributed by atoms with van der Waals surface area (Å²) in [5, 5.41) is 5.56. The van der Waals surface area contributed by atoms with Gasteiger partial charge in [-0.1, -0.05) is 12.1 Å². The Balaban J connectivity index is 0.00000264. The molecule has 2 aromatic rings. The second-order valence-electron chi connectivity index (χ2n) is 5.10. The van der Waals surface area contributed by atoms with Crippen LogP contribution in [0.2, 0.25) is 0 Å². The van der Waals surface area contributed by atoms with Gasteiger partial charge in [0.05, 0.1) is 0 Å². The molecule has 4 N–H and O–H groups in total. The molecule has 1 aromatic heterocycles. The number of rotatable bonds is 5. The van der Waals surface area contributed by atoms with Gasteiger partial charge in [-0.3, -0.25) is 0 Å². The Bertz CT molecular complexity index is 625. The van der Waals surface area contributed by atoms with Gasteiger partial charge in [0.2, 0.25) is 0 Å². The van der Waals surface area contributed by atoms with E-state index in [1.165, 1.54) is 0 Å². The highest BCUT2D eigenvalue weighted by molar-refractivity contribution is 5.89. The smallest absolute Gasteiger partial charge is 0.319 e. The maximum absolute atomic E-state index is 11.8. The Kier molecular flexibility index (Phi) is 7.44. The Labute approximate surface area is 142 Å². The Hall–Kier alpha value is -2.18. The van der Waals surface area contributed by atoms with Crippen molar-refractivity contribution < 1.29 is 4.79 Å². The van der Waals surface area contributed by atoms with Crippen molar-refractivity contribution in [3.05, 3.63) is 53.1 Å². The Morgan fingerprint density at radius 3 is 2.30 bits per heavy atom. The lowest BCUT2D eigenvalue weighted by molar-refractivity contribution is 0.252. The minimum absolute atomic E-state index is 0. The summed E-state index contributed by atoms with van der Waals surface area (Å²) in [4.78, 5) is 20.5. The van der Waals surface area contributed by atoms with Crippen LogP contribution in [0.4, 0.5) is 10.5 Å². The topological polar surface area (TPSA) is 92.9 Å². The number of nitrogens with zero attached hydrogens (tertiary/aromatic N) is 2. The fourth-order valence-electron chi connectivity index (χ4n) is 2.10. The van der Waals surface area contributed by atoms with E-state index in [0.29, 0.717) is 19.5 Å². The lowest BCUT2D eigenvalue weighted by Crippen LogP contribution is -2.30. The molecular formula is C16H22ClN5O. The highest BCUT2D eigenvalue weighted by atomic mass is 35.5. The van der Waals surface area contributed by atoms with Crippen LogP contribution in [-0.4, -0.2) is 22.5 Å². The molecule has 6 nitrogen and oxygen atoms in total. The monoisotopic (exact) mass is 335 g/mol. The van der Waals surface area contributed by atoms with Gasteiger partial charge in [0.25, 0.3) is 0 Å². The third kappa shape index (κ3) is 6.22. The quantitative estimate of drug-likeness (QED) is 0.781. The number of nitrogens with two attached hydrogens (primary N) is 1. The Morgan fingerprint density at radius 1 is 1.13 bits per heavy atom. The molecule has 0 bridgehead atoms. The highest BCUT2D eigenvalue weighted by Crippen LogP contribution is 2.08. The summed E-state index contributed by atoms with van der Waals surface area (Å²) in [7, 11) is 0. The van der Waals surface area contributed by atoms with Gasteiger partial charge in [-0.2, -0.15) is 0 Å². The van der Waals surface area contributed by atoms with Crippen LogP contribution in [-0.2, 0) is 13.0 Å². The van der Waals surface area contributed by atoms with Gasteiger partial charge in [0.1, 0.15) is 5.82 Å². The van der Waals surface area contributed by atoms with E-state index in [4.69, 9.17) is 5.73 Å². The SMILES string of the molecule is Cc1cc(C)nc(CCNC(=O)Nc2ccc(CN)cc2)n1.Cl. The maximum atomic E-state index is 11.8. The number of amides is 2. The minimum atomic E-state index is -0.245. The van der Waals surface area contributed by atoms with Crippen molar-refractivity contribution in [2.24, 2.45) is 5.73 Å². The van der Waals surface area contributed by atoms with Gasteiger partial charge in [-0.05, 0) is 37.6 Å². The number of anilines is 1. The third-order valence-corrected chi connectivity index (χ3v) is 3.11. The number of halogens is 1. The number of aromatic nitrogens is 2. The summed E-state index contributed by atoms with van der Waals surface area (Å²) >= 11 is 0. The first kappa shape index (κ1) is 18.9. The molecule has 2 rings (SSSR count). The zero-order valence-corrected chi connectivity index (χ0v) is 14.1. The van der Waals surface area contributed by atoms with E-state index in [9.17, 15) is 4.79 Å². The van der Waals surface area contributed by atoms with Gasteiger partial charge in [0.15, 0.2) is 0 Å². The zero-order valence-electron chi connectivity index (χ0n) is 13.3. The van der Waals surface area contributed by atoms with E-state index < -0.39 is 0 Å². The molecule has 0 fully saturated rings. The number of nitrogens with one attached hydrogen (secondary N) is 2. The molecule has 124 valence electrons. The first-order chi connectivity index (χ1) is 10.6. The van der Waals surface area contributed by atoms with Crippen LogP contribution in [0.25, 0.3) is 0 Å². The zero-order chi connectivity index (χ0) is 15.9. The molecule has 0 atom stereocenters. The number of hydrogen-bond acceptors (Lipinski definition) is 4. The molecule has 0 saturated carbocycles. The fraction of sp³-hybridized carbons (Fsp3) is 0.312. The molecule has 0 aliphatic carbocycles. The highest BCUT2D eigenvalue weighted by Gasteiger charge is 2.03. The largest absolute Gasteiger partial charge is 0.337 e. The van der Waals surface area contributed by atoms with Gasteiger partial charge >= 0.3 is 6.03 Å². The number of hydrogen-bond donors (Lipinski definition) is 3. The first-order valence-electron chi connectivity index (χ1n) is 7.22. The van der Waals surface area contributed by atoms with Crippen molar-refractivity contribution in [3.63, 3.8) is 0 Å². The summed E-state index contributed by atoms with van der Waals surface area (Å²) < 4.78 is 0. The van der Waals surface area contributed by atoms with Crippen LogP contribution in [0.15, 0.2) is 30.3 Å². The minimum Gasteiger partial charge on any atom is -0.337 e. The van der Waals surface area contributed by atoms with E-state index in [0.717, 1.165) is 28.5 Å². The van der Waals surface area contributed by atoms with Crippen LogP contribution >= 0.6 is 12.4 Å². The van der Waals surface area contributed by atoms with E-state index in [2.05, 4.69) is 20.6 Å². The fourth-order valence-corrected chi connectivity index (χ4v) is 2.10. The lowest BCUT2D eigenvalue weighted by atomic mass is 10.2. The van der Waals surface area contributed by atoms with Crippen molar-refractivity contribution in [2.75, 3.05) is 11.9 Å². The molecule has 0 aliphatic rings. The van der Waals surface area contributed by atoms with Crippen molar-refractivity contribution in [1.82, 2.24) is 15.3 Å². The number of carbonyl (C=O) groups is 1. The number of benzene rings is 1. The summed E-state index contributed by atoms with van der Waals surface area (Å²) in [6.07, 6.45) is 0.599. The number of urea groups is 1. The molecule has 23 heavy (non-hydrogen) atoms. The molecule has 7 heteroatoms. The molecule has 0 spiro atoms. The van der Waals surface area contributed by atoms with Crippen LogP contribution in [0, 0.1) is 13.8 Å². The van der Waals surface area contributed by atoms with Crippen molar-refractivity contribution >= 4 is 24.1 Å². The van der Waals surface area contributed by atoms with E-state index >= 15 is 0 Å². The maximum Gasteiger partial charge on any atom is 0.319 e. The van der Waals surface area contributed by atoms with Gasteiger partial charge in [-0.25, -0.2) is 14.8 Å². The predicted molar refractivity (Wildman–Crippen MR) is 93.8 cm³/mol. The second kappa shape index (κ2) is 9.07. The standard InChI is InChI=1S/C16H21N5O.ClH/c1-11-9-12(2)20-15(19-11)7-8-18-16(22)21-14-5-3-13(10-17)4-6-14;/h3-6,9H,7-8,10,17H2,1-2H3,(H2,18,21,22);1H. The third-order valence-electron chi connectivity index (χ3n) is 3.11. The first-order valence-corrected chi connectivity index (χ1v) is 7.22. The average molecular weight is 336 g/mol. The normalized spacial score (nSPS) is 9.87. The average Bonchev–Trinajstić information content (AvgIpc) is 2.47. The molecule has 2 amide bonds. The van der Waals surface area contributed by atoms with Crippen LogP contribution < -0.4 is 16.4 Å². The molecular weight excluding hydrogens is 314 g/mol. The second-order valence-corrected chi connectivity index (χ2v) is 5.10. The molecule has 1 heterocycles. The predicted octanol–water partition coefficient (Wildman–Crippen LogP) is 2.34. The van der Waals surface area contributed by atoms with Crippen molar-refractivity contribution in [1.29, 1.82) is 0 Å². The van der Waals surface area contributed by atoms with Crippen molar-refractivity contribution in [2.45, 2.75) is 26.8 Å². The van der Waals surface area contributed by atoms with Gasteiger partial charge < -0.3 is 16.4 Å². The molecule has 0 radical (unpaired) electrons. The number of aryl methyl sites for hydroxylation is 2. The molecule has 0 saturated heterocycles. The van der Waals surface area contributed by atoms with Gasteiger partial charge in [0, 0.05) is 36.6 Å². The van der Waals surface area contributed by atoms with Crippen LogP contribution in [0.5, 0.6) is 0 Å². The van der Waals surface area contributed by atoms with Crippen LogP contribution in [0.1, 0.15) is 22.8 Å². The van der Waals surface area contributed by atoms with E-state index in [1.54, 1.807) is 0 Å². The summed E-state index contributed by atoms with van der Waals surface area (Å²) in [5.74, 6) is 0.741. The summed E-state index contributed by atoms with van der Waals surface area (Å²) in [5.41, 5.74) is 9.17. The summed E-state index contributed by atoms with van der Waals surface area (Å²) in [6, 6.07) is 9.11. The lowest BCUT2D eigenvalue weighted by Gasteiger charge is -2.08. The number of carbonyl (C=O) groups excluding carboxylic acids is 1. The molecule has 1 aromatic carbocycles. The Morgan fingerprint density at radius 2 is 1.74 bits per heavy atom. The van der Waals surface area contributed by atoms with Gasteiger partial charge in [-0.15, -0.1) is 12.4 Å². The summed E-state index contributed by atoms with van der Waals surface area (Å²) in [6.45, 7) is 4.84. The molecule has 0 aliphatic heterocycles.